The zero-order chi connectivity index (χ0) is 22.9. The number of hydrogen-bond donors (Lipinski definition) is 2. The van der Waals surface area contributed by atoms with Crippen LogP contribution in [0.15, 0.2) is 76.9 Å². The van der Waals surface area contributed by atoms with Crippen molar-refractivity contribution >= 4 is 29.2 Å². The van der Waals surface area contributed by atoms with E-state index in [-0.39, 0.29) is 17.5 Å². The van der Waals surface area contributed by atoms with Crippen molar-refractivity contribution in [3.63, 3.8) is 0 Å². The molecule has 3 aromatic rings. The third-order valence-corrected chi connectivity index (χ3v) is 4.51. The summed E-state index contributed by atoms with van der Waals surface area (Å²) in [6.45, 7) is -0.409. The van der Waals surface area contributed by atoms with Gasteiger partial charge in [-0.25, -0.2) is 9.37 Å². The zero-order valence-electron chi connectivity index (χ0n) is 16.4. The summed E-state index contributed by atoms with van der Waals surface area (Å²) < 4.78 is 43.0. The van der Waals surface area contributed by atoms with Crippen LogP contribution in [0.5, 0.6) is 11.6 Å². The second kappa shape index (κ2) is 11.0. The van der Waals surface area contributed by atoms with Crippen LogP contribution in [0.1, 0.15) is 5.56 Å². The lowest BCUT2D eigenvalue weighted by molar-refractivity contribution is -0.120. The molecule has 0 aliphatic heterocycles. The second-order valence-electron chi connectivity index (χ2n) is 6.14. The molecule has 1 heterocycles. The molecule has 0 spiro atoms. The zero-order valence-corrected chi connectivity index (χ0v) is 17.2. The minimum Gasteiger partial charge on any atom is -0.439 e. The molecule has 0 bridgehead atoms. The number of nitrogens with one attached hydrogen (secondary N) is 1. The number of oxime groups is 1. The van der Waals surface area contributed by atoms with Gasteiger partial charge in [0.25, 0.3) is 11.7 Å². The number of halogens is 3. The molecule has 2 aromatic carbocycles. The number of rotatable bonds is 9. The molecule has 0 saturated carbocycles. The maximum atomic E-state index is 12.9. The quantitative estimate of drug-likeness (QED) is 0.209. The van der Waals surface area contributed by atoms with Gasteiger partial charge < -0.3 is 20.6 Å². The first-order chi connectivity index (χ1) is 15.4. The van der Waals surface area contributed by atoms with Gasteiger partial charge in [-0.1, -0.05) is 16.9 Å². The lowest BCUT2D eigenvalue weighted by atomic mass is 10.3. The molecule has 1 aromatic heterocycles. The molecule has 32 heavy (non-hydrogen) atoms. The third kappa shape index (κ3) is 7.20. The highest BCUT2D eigenvalue weighted by Crippen LogP contribution is 2.26. The van der Waals surface area contributed by atoms with Gasteiger partial charge in [0.2, 0.25) is 5.88 Å². The predicted octanol–water partition coefficient (Wildman–Crippen LogP) is 4.60. The van der Waals surface area contributed by atoms with E-state index in [2.05, 4.69) is 15.5 Å². The monoisotopic (exact) mass is 462 g/mol. The minimum atomic E-state index is -2.51. The standard InChI is InChI=1S/C21H17F3N4O3S/c22-14-2-6-16(7-3-14)31-19-10-1-13(11-26-19)20(25)28-30-12-18(29)27-15-4-8-17(9-5-15)32-21(23)24/h1-11,21H,12H2,(H2,25,28)(H,27,29). The van der Waals surface area contributed by atoms with Crippen LogP contribution < -0.4 is 15.8 Å². The summed E-state index contributed by atoms with van der Waals surface area (Å²) >= 11 is 0.414. The van der Waals surface area contributed by atoms with Crippen LogP contribution in [0.3, 0.4) is 0 Å². The van der Waals surface area contributed by atoms with Gasteiger partial charge in [0.15, 0.2) is 12.4 Å². The fourth-order valence-electron chi connectivity index (χ4n) is 2.35. The van der Waals surface area contributed by atoms with Gasteiger partial charge in [-0.05, 0) is 54.6 Å². The molecule has 0 fully saturated rings. The first-order valence-electron chi connectivity index (χ1n) is 9.09. The van der Waals surface area contributed by atoms with E-state index < -0.39 is 18.3 Å². The van der Waals surface area contributed by atoms with Crippen LogP contribution in [0.4, 0.5) is 18.9 Å². The average molecular weight is 462 g/mol. The SMILES string of the molecule is N/C(=N/OCC(=O)Nc1ccc(SC(F)F)cc1)c1ccc(Oc2ccc(F)cc2)nc1. The molecule has 3 rings (SSSR count). The number of nitrogens with zero attached hydrogens (tertiary/aromatic N) is 2. The van der Waals surface area contributed by atoms with E-state index in [1.807, 2.05) is 0 Å². The van der Waals surface area contributed by atoms with Crippen LogP contribution in [0.2, 0.25) is 0 Å². The minimum absolute atomic E-state index is 0.00740. The van der Waals surface area contributed by atoms with E-state index in [1.165, 1.54) is 54.7 Å². The number of pyridine rings is 1. The van der Waals surface area contributed by atoms with Gasteiger partial charge in [-0.2, -0.15) is 8.78 Å². The van der Waals surface area contributed by atoms with Crippen molar-refractivity contribution in [3.05, 3.63) is 78.2 Å². The van der Waals surface area contributed by atoms with E-state index in [4.69, 9.17) is 15.3 Å². The molecule has 0 aliphatic rings. The Bertz CT molecular complexity index is 1060. The van der Waals surface area contributed by atoms with Crippen LogP contribution in [-0.2, 0) is 9.63 Å². The largest absolute Gasteiger partial charge is 0.439 e. The number of carbonyl (C=O) groups is 1. The molecular formula is C21H17F3N4O3S. The van der Waals surface area contributed by atoms with Crippen LogP contribution >= 0.6 is 11.8 Å². The van der Waals surface area contributed by atoms with E-state index >= 15 is 0 Å². The number of aromatic nitrogens is 1. The Kier molecular flexibility index (Phi) is 7.92. The molecule has 0 unspecified atom stereocenters. The van der Waals surface area contributed by atoms with Crippen LogP contribution in [-0.4, -0.2) is 29.1 Å². The number of alkyl halides is 2. The number of anilines is 1. The van der Waals surface area contributed by atoms with Crippen molar-refractivity contribution in [2.75, 3.05) is 11.9 Å². The van der Waals surface area contributed by atoms with Crippen molar-refractivity contribution in [1.29, 1.82) is 0 Å². The maximum Gasteiger partial charge on any atom is 0.288 e. The van der Waals surface area contributed by atoms with Crippen molar-refractivity contribution in [1.82, 2.24) is 4.98 Å². The molecule has 0 saturated heterocycles. The highest BCUT2D eigenvalue weighted by Gasteiger charge is 2.08. The van der Waals surface area contributed by atoms with E-state index in [0.717, 1.165) is 0 Å². The number of thioether (sulfide) groups is 1. The fourth-order valence-corrected chi connectivity index (χ4v) is 2.84. The van der Waals surface area contributed by atoms with E-state index in [9.17, 15) is 18.0 Å². The molecule has 0 atom stereocenters. The number of hydrogen-bond acceptors (Lipinski definition) is 6. The molecule has 0 radical (unpaired) electrons. The van der Waals surface area contributed by atoms with Crippen molar-refractivity contribution < 1.29 is 27.5 Å². The van der Waals surface area contributed by atoms with Crippen molar-refractivity contribution in [3.8, 4) is 11.6 Å². The summed E-state index contributed by atoms with van der Waals surface area (Å²) in [6.07, 6.45) is 1.40. The lowest BCUT2D eigenvalue weighted by Gasteiger charge is -2.07. The van der Waals surface area contributed by atoms with Crippen LogP contribution in [0, 0.1) is 5.82 Å². The summed E-state index contributed by atoms with van der Waals surface area (Å²) in [6, 6.07) is 14.6. The Morgan fingerprint density at radius 1 is 1.09 bits per heavy atom. The molecule has 3 N–H and O–H groups in total. The van der Waals surface area contributed by atoms with E-state index in [0.29, 0.717) is 33.7 Å². The Morgan fingerprint density at radius 2 is 1.81 bits per heavy atom. The summed E-state index contributed by atoms with van der Waals surface area (Å²) in [4.78, 5) is 21.3. The van der Waals surface area contributed by atoms with Crippen molar-refractivity contribution in [2.24, 2.45) is 10.9 Å². The summed E-state index contributed by atoms with van der Waals surface area (Å²) in [5, 5.41) is 6.22. The summed E-state index contributed by atoms with van der Waals surface area (Å²) in [5.74, 6) is -2.71. The second-order valence-corrected chi connectivity index (χ2v) is 7.21. The highest BCUT2D eigenvalue weighted by molar-refractivity contribution is 7.99. The number of ether oxygens (including phenoxy) is 1. The highest BCUT2D eigenvalue weighted by atomic mass is 32.2. The number of amides is 1. The topological polar surface area (TPSA) is 98.8 Å². The third-order valence-electron chi connectivity index (χ3n) is 3.79. The predicted molar refractivity (Wildman–Crippen MR) is 114 cm³/mol. The van der Waals surface area contributed by atoms with Gasteiger partial charge >= 0.3 is 0 Å². The van der Waals surface area contributed by atoms with Gasteiger partial charge in [0.05, 0.1) is 0 Å². The Labute approximate surface area is 185 Å². The molecule has 0 aliphatic carbocycles. The summed E-state index contributed by atoms with van der Waals surface area (Å²) in [5.41, 5.74) is 6.68. The van der Waals surface area contributed by atoms with Gasteiger partial charge in [0.1, 0.15) is 11.6 Å². The molecule has 1 amide bonds. The maximum absolute atomic E-state index is 12.9. The van der Waals surface area contributed by atoms with Gasteiger partial charge in [-0.3, -0.25) is 4.79 Å². The summed E-state index contributed by atoms with van der Waals surface area (Å²) in [7, 11) is 0. The number of nitrogens with two attached hydrogens (primary N) is 1. The van der Waals surface area contributed by atoms with Crippen LogP contribution in [0.25, 0.3) is 0 Å². The Morgan fingerprint density at radius 3 is 2.44 bits per heavy atom. The lowest BCUT2D eigenvalue weighted by Crippen LogP contribution is -2.19. The molecule has 166 valence electrons. The molecule has 7 nitrogen and oxygen atoms in total. The number of benzene rings is 2. The first kappa shape index (κ1) is 22.9. The first-order valence-corrected chi connectivity index (χ1v) is 9.97. The average Bonchev–Trinajstić information content (AvgIpc) is 2.77. The fraction of sp³-hybridized carbons (Fsp3) is 0.0952. The van der Waals surface area contributed by atoms with Gasteiger partial charge in [0, 0.05) is 28.4 Å². The van der Waals surface area contributed by atoms with E-state index in [1.54, 1.807) is 12.1 Å². The number of amidine groups is 1. The van der Waals surface area contributed by atoms with Gasteiger partial charge in [-0.15, -0.1) is 0 Å². The van der Waals surface area contributed by atoms with Crippen molar-refractivity contribution in [2.45, 2.75) is 10.7 Å². The molecular weight excluding hydrogens is 445 g/mol. The number of carbonyl (C=O) groups excluding carboxylic acids is 1. The smallest absolute Gasteiger partial charge is 0.288 e. The Hall–Kier alpha value is -3.73. The normalized spacial score (nSPS) is 11.3. The molecule has 11 heteroatoms. The Balaban J connectivity index is 1.47.